The highest BCUT2D eigenvalue weighted by molar-refractivity contribution is 5.32. The fraction of sp³-hybridized carbons (Fsp3) is 0.692. The lowest BCUT2D eigenvalue weighted by Crippen LogP contribution is -2.58. The normalized spacial score (nSPS) is 22.2. The highest BCUT2D eigenvalue weighted by atomic mass is 16.3. The predicted molar refractivity (Wildman–Crippen MR) is 71.8 cm³/mol. The summed E-state index contributed by atoms with van der Waals surface area (Å²) in [6.45, 7) is 11.8. The van der Waals surface area contributed by atoms with Gasteiger partial charge in [-0.15, -0.1) is 0 Å². The Kier molecular flexibility index (Phi) is 3.43. The first-order chi connectivity index (χ1) is 8.38. The van der Waals surface area contributed by atoms with Gasteiger partial charge >= 0.3 is 0 Å². The molecule has 18 heavy (non-hydrogen) atoms. The van der Waals surface area contributed by atoms with Crippen LogP contribution < -0.4 is 4.90 Å². The molecular weight excluding hydrogens is 228 g/mol. The van der Waals surface area contributed by atoms with E-state index in [1.807, 2.05) is 0 Å². The second kappa shape index (κ2) is 4.72. The van der Waals surface area contributed by atoms with Crippen molar-refractivity contribution in [3.8, 4) is 5.75 Å². The van der Waals surface area contributed by atoms with Crippen molar-refractivity contribution in [3.05, 3.63) is 12.4 Å². The number of hydrogen-bond acceptors (Lipinski definition) is 5. The number of aromatic hydroxyl groups is 1. The van der Waals surface area contributed by atoms with Gasteiger partial charge in [-0.2, -0.15) is 0 Å². The molecule has 0 bridgehead atoms. The van der Waals surface area contributed by atoms with Crippen LogP contribution in [0.3, 0.4) is 0 Å². The van der Waals surface area contributed by atoms with E-state index in [0.29, 0.717) is 12.0 Å². The molecule has 1 atom stereocenters. The van der Waals surface area contributed by atoms with E-state index in [2.05, 4.69) is 47.5 Å². The van der Waals surface area contributed by atoms with Gasteiger partial charge in [0, 0.05) is 31.2 Å². The summed E-state index contributed by atoms with van der Waals surface area (Å²) >= 11 is 0. The van der Waals surface area contributed by atoms with E-state index in [-0.39, 0.29) is 11.3 Å². The summed E-state index contributed by atoms with van der Waals surface area (Å²) in [6.07, 6.45) is 2.90. The molecule has 2 heterocycles. The number of rotatable bonds is 1. The molecule has 0 unspecified atom stereocenters. The molecule has 0 radical (unpaired) electrons. The van der Waals surface area contributed by atoms with Crippen LogP contribution in [0.25, 0.3) is 0 Å². The molecule has 100 valence electrons. The van der Waals surface area contributed by atoms with Crippen molar-refractivity contribution < 1.29 is 5.11 Å². The van der Waals surface area contributed by atoms with Crippen molar-refractivity contribution in [3.63, 3.8) is 0 Å². The van der Waals surface area contributed by atoms with Crippen LogP contribution in [0.15, 0.2) is 12.4 Å². The minimum atomic E-state index is 0.111. The van der Waals surface area contributed by atoms with Gasteiger partial charge in [0.15, 0.2) is 5.75 Å². The van der Waals surface area contributed by atoms with Gasteiger partial charge in [0.05, 0.1) is 12.4 Å². The van der Waals surface area contributed by atoms with E-state index in [0.717, 1.165) is 19.6 Å². The maximum atomic E-state index is 9.20. The lowest BCUT2D eigenvalue weighted by molar-refractivity contribution is 0.0794. The second-order valence-electron chi connectivity index (χ2n) is 5.90. The van der Waals surface area contributed by atoms with Crippen LogP contribution in [0.5, 0.6) is 5.75 Å². The summed E-state index contributed by atoms with van der Waals surface area (Å²) in [6, 6.07) is 0.469. The number of anilines is 1. The Morgan fingerprint density at radius 3 is 2.33 bits per heavy atom. The van der Waals surface area contributed by atoms with E-state index in [4.69, 9.17) is 0 Å². The smallest absolute Gasteiger partial charge is 0.225 e. The second-order valence-corrected chi connectivity index (χ2v) is 5.90. The topological polar surface area (TPSA) is 52.5 Å². The molecule has 0 amide bonds. The highest BCUT2D eigenvalue weighted by Gasteiger charge is 2.31. The first kappa shape index (κ1) is 13.1. The Balaban J connectivity index is 2.06. The Morgan fingerprint density at radius 1 is 1.22 bits per heavy atom. The van der Waals surface area contributed by atoms with Crippen LogP contribution in [0.1, 0.15) is 27.7 Å². The third kappa shape index (κ3) is 2.72. The molecule has 5 heteroatoms. The van der Waals surface area contributed by atoms with Gasteiger partial charge < -0.3 is 10.0 Å². The largest absolute Gasteiger partial charge is 0.505 e. The van der Waals surface area contributed by atoms with Crippen molar-refractivity contribution in [1.82, 2.24) is 14.9 Å². The van der Waals surface area contributed by atoms with Crippen LogP contribution >= 0.6 is 0 Å². The number of piperazine rings is 1. The first-order valence-corrected chi connectivity index (χ1v) is 6.40. The molecule has 1 saturated heterocycles. The molecule has 1 N–H and O–H groups in total. The zero-order valence-corrected chi connectivity index (χ0v) is 11.6. The molecular formula is C13H22N4O. The molecule has 1 fully saturated rings. The maximum absolute atomic E-state index is 9.20. The van der Waals surface area contributed by atoms with Gasteiger partial charge in [0.1, 0.15) is 0 Å². The number of hydrogen-bond donors (Lipinski definition) is 1. The molecule has 0 aromatic carbocycles. The number of nitrogens with zero attached hydrogens (tertiary/aromatic N) is 4. The molecule has 2 rings (SSSR count). The van der Waals surface area contributed by atoms with E-state index < -0.39 is 0 Å². The summed E-state index contributed by atoms with van der Waals surface area (Å²) in [7, 11) is 0. The minimum Gasteiger partial charge on any atom is -0.505 e. The number of aromatic nitrogens is 2. The molecule has 0 aliphatic carbocycles. The lowest BCUT2D eigenvalue weighted by Gasteiger charge is -2.46. The first-order valence-electron chi connectivity index (χ1n) is 6.40. The summed E-state index contributed by atoms with van der Waals surface area (Å²) in [5, 5.41) is 9.20. The van der Waals surface area contributed by atoms with E-state index in [1.54, 1.807) is 0 Å². The molecule has 1 aromatic heterocycles. The fourth-order valence-corrected chi connectivity index (χ4v) is 2.61. The predicted octanol–water partition coefficient (Wildman–Crippen LogP) is 1.49. The summed E-state index contributed by atoms with van der Waals surface area (Å²) < 4.78 is 0. The van der Waals surface area contributed by atoms with Gasteiger partial charge in [-0.25, -0.2) is 9.97 Å². The van der Waals surface area contributed by atoms with Gasteiger partial charge in [-0.05, 0) is 27.7 Å². The monoisotopic (exact) mass is 250 g/mol. The molecule has 1 aliphatic rings. The zero-order chi connectivity index (χ0) is 13.3. The third-order valence-electron chi connectivity index (χ3n) is 3.40. The van der Waals surface area contributed by atoms with Gasteiger partial charge in [-0.3, -0.25) is 4.90 Å². The molecule has 1 aromatic rings. The average molecular weight is 250 g/mol. The molecule has 0 spiro atoms. The summed E-state index contributed by atoms with van der Waals surface area (Å²) in [4.78, 5) is 13.0. The molecule has 5 nitrogen and oxygen atoms in total. The van der Waals surface area contributed by atoms with Crippen molar-refractivity contribution in [2.75, 3.05) is 24.5 Å². The van der Waals surface area contributed by atoms with Gasteiger partial charge in [0.2, 0.25) is 5.95 Å². The van der Waals surface area contributed by atoms with Crippen LogP contribution in [0.2, 0.25) is 0 Å². The van der Waals surface area contributed by atoms with Crippen molar-refractivity contribution in [1.29, 1.82) is 0 Å². The SMILES string of the molecule is C[C@H]1CN(c2ncc(O)cn2)CCN1C(C)(C)C. The van der Waals surface area contributed by atoms with Crippen LogP contribution in [-0.2, 0) is 0 Å². The molecule has 0 saturated carbocycles. The van der Waals surface area contributed by atoms with Crippen molar-refractivity contribution >= 4 is 5.95 Å². The van der Waals surface area contributed by atoms with Crippen molar-refractivity contribution in [2.24, 2.45) is 0 Å². The average Bonchev–Trinajstić information content (AvgIpc) is 2.28. The van der Waals surface area contributed by atoms with E-state index >= 15 is 0 Å². The van der Waals surface area contributed by atoms with E-state index in [9.17, 15) is 5.11 Å². The quantitative estimate of drug-likeness (QED) is 0.818. The van der Waals surface area contributed by atoms with Crippen LogP contribution in [-0.4, -0.2) is 51.2 Å². The van der Waals surface area contributed by atoms with Crippen LogP contribution in [0, 0.1) is 0 Å². The maximum Gasteiger partial charge on any atom is 0.225 e. The fourth-order valence-electron chi connectivity index (χ4n) is 2.61. The molecule has 1 aliphatic heterocycles. The Bertz CT molecular complexity index is 398. The lowest BCUT2D eigenvalue weighted by atomic mass is 10.0. The minimum absolute atomic E-state index is 0.111. The van der Waals surface area contributed by atoms with Gasteiger partial charge in [-0.1, -0.05) is 0 Å². The summed E-state index contributed by atoms with van der Waals surface area (Å²) in [5.74, 6) is 0.813. The van der Waals surface area contributed by atoms with Crippen LogP contribution in [0.4, 0.5) is 5.95 Å². The third-order valence-corrected chi connectivity index (χ3v) is 3.40. The zero-order valence-electron chi connectivity index (χ0n) is 11.6. The standard InChI is InChI=1S/C13H22N4O/c1-10-9-16(5-6-17(10)13(2,3)4)12-14-7-11(18)8-15-12/h7-8,10,18H,5-6,9H2,1-4H3/t10-/m0/s1. The van der Waals surface area contributed by atoms with E-state index in [1.165, 1.54) is 12.4 Å². The van der Waals surface area contributed by atoms with Crippen molar-refractivity contribution in [2.45, 2.75) is 39.3 Å². The van der Waals surface area contributed by atoms with Gasteiger partial charge in [0.25, 0.3) is 0 Å². The summed E-state index contributed by atoms with van der Waals surface area (Å²) in [5.41, 5.74) is 0.196. The Hall–Kier alpha value is -1.36. The highest BCUT2D eigenvalue weighted by Crippen LogP contribution is 2.22. The Morgan fingerprint density at radius 2 is 1.83 bits per heavy atom. The Labute approximate surface area is 108 Å².